The molecule has 0 aromatic carbocycles. The molecule has 2 heterocycles. The van der Waals surface area contributed by atoms with Crippen LogP contribution in [-0.4, -0.2) is 123 Å². The Morgan fingerprint density at radius 3 is 2.52 bits per heavy atom. The van der Waals surface area contributed by atoms with E-state index in [9.17, 15) is 14.7 Å². The molecule has 240 valence electrons. The number of amides is 2. The van der Waals surface area contributed by atoms with Gasteiger partial charge in [0.05, 0.1) is 49.0 Å². The van der Waals surface area contributed by atoms with Gasteiger partial charge in [-0.1, -0.05) is 25.7 Å². The summed E-state index contributed by atoms with van der Waals surface area (Å²) < 4.78 is 13.3. The van der Waals surface area contributed by atoms with E-state index in [-0.39, 0.29) is 48.6 Å². The highest BCUT2D eigenvalue weighted by molar-refractivity contribution is 5.83. The van der Waals surface area contributed by atoms with Crippen LogP contribution in [0.4, 0.5) is 0 Å². The summed E-state index contributed by atoms with van der Waals surface area (Å²) in [6.45, 7) is 5.00. The summed E-state index contributed by atoms with van der Waals surface area (Å²) in [5.41, 5.74) is 0. The highest BCUT2D eigenvalue weighted by Crippen LogP contribution is 2.33. The van der Waals surface area contributed by atoms with Gasteiger partial charge in [-0.25, -0.2) is 0 Å². The number of hydrogen-bond donors (Lipinski definition) is 4. The standard InChI is InChI=1S/C32H57N5O5/c1-36(21-23-10-12-25(13-11-23)41-24-6-3-2-4-7-24)22-26-14-17-37(18-19-38)32(40)27-8-5-9-28(30(27)42-26)35-31(39)29-20-33-15-16-34-29/h23-30,33-34,38H,2-22H2,1H3,(H,35,39). The number of nitrogens with zero attached hydrogens (tertiary/aromatic N) is 2. The summed E-state index contributed by atoms with van der Waals surface area (Å²) in [5, 5.41) is 19.6. The van der Waals surface area contributed by atoms with E-state index in [1.54, 1.807) is 0 Å². The first kappa shape index (κ1) is 32.1. The molecule has 0 aromatic heterocycles. The average molecular weight is 592 g/mol. The first-order valence-electron chi connectivity index (χ1n) is 17.1. The van der Waals surface area contributed by atoms with Crippen LogP contribution >= 0.6 is 0 Å². The third-order valence-electron chi connectivity index (χ3n) is 10.4. The number of ether oxygens (including phenoxy) is 2. The molecule has 10 nitrogen and oxygen atoms in total. The molecule has 2 aliphatic heterocycles. The predicted octanol–water partition coefficient (Wildman–Crippen LogP) is 1.65. The number of aliphatic hydroxyl groups excluding tert-OH is 1. The van der Waals surface area contributed by atoms with E-state index in [0.717, 1.165) is 51.9 Å². The number of nitrogens with one attached hydrogen (secondary N) is 3. The minimum atomic E-state index is -0.348. The van der Waals surface area contributed by atoms with E-state index >= 15 is 0 Å². The molecule has 3 aliphatic carbocycles. The highest BCUT2D eigenvalue weighted by Gasteiger charge is 2.44. The minimum Gasteiger partial charge on any atom is -0.395 e. The summed E-state index contributed by atoms with van der Waals surface area (Å²) in [6.07, 6.45) is 15.0. The molecule has 2 saturated heterocycles. The fraction of sp³-hybridized carbons (Fsp3) is 0.938. The lowest BCUT2D eigenvalue weighted by Gasteiger charge is -2.44. The van der Waals surface area contributed by atoms with Crippen molar-refractivity contribution >= 4 is 11.8 Å². The summed E-state index contributed by atoms with van der Waals surface area (Å²) in [6, 6.07) is -0.454. The number of aliphatic hydroxyl groups is 1. The molecular formula is C32H57N5O5. The smallest absolute Gasteiger partial charge is 0.238 e. The number of fused-ring (bicyclic) bond motifs is 1. The van der Waals surface area contributed by atoms with Gasteiger partial charge < -0.3 is 40.3 Å². The molecule has 10 heteroatoms. The number of carbonyl (C=O) groups excluding carboxylic acids is 2. The molecule has 5 fully saturated rings. The van der Waals surface area contributed by atoms with Gasteiger partial charge in [0.15, 0.2) is 0 Å². The van der Waals surface area contributed by atoms with Gasteiger partial charge in [0.25, 0.3) is 0 Å². The molecule has 0 spiro atoms. The van der Waals surface area contributed by atoms with Crippen molar-refractivity contribution in [3.8, 4) is 0 Å². The molecular weight excluding hydrogens is 534 g/mol. The summed E-state index contributed by atoms with van der Waals surface area (Å²) >= 11 is 0. The monoisotopic (exact) mass is 591 g/mol. The Morgan fingerprint density at radius 1 is 1.00 bits per heavy atom. The predicted molar refractivity (Wildman–Crippen MR) is 162 cm³/mol. The average Bonchev–Trinajstić information content (AvgIpc) is 3.01. The van der Waals surface area contributed by atoms with Crippen molar-refractivity contribution in [1.82, 2.24) is 25.8 Å². The highest BCUT2D eigenvalue weighted by atomic mass is 16.5. The molecule has 5 atom stereocenters. The first-order chi connectivity index (χ1) is 20.5. The molecule has 5 rings (SSSR count). The second-order valence-electron chi connectivity index (χ2n) is 13.7. The molecule has 4 N–H and O–H groups in total. The van der Waals surface area contributed by atoms with Crippen LogP contribution in [0.2, 0.25) is 0 Å². The second kappa shape index (κ2) is 16.1. The molecule has 2 amide bonds. The van der Waals surface area contributed by atoms with Crippen molar-refractivity contribution in [2.45, 2.75) is 120 Å². The lowest BCUT2D eigenvalue weighted by Crippen LogP contribution is -2.62. The van der Waals surface area contributed by atoms with Crippen LogP contribution in [0.1, 0.15) is 83.5 Å². The van der Waals surface area contributed by atoms with Gasteiger partial charge in [0, 0.05) is 45.8 Å². The van der Waals surface area contributed by atoms with Gasteiger partial charge in [-0.05, 0) is 70.8 Å². The quantitative estimate of drug-likeness (QED) is 0.303. The van der Waals surface area contributed by atoms with Crippen LogP contribution in [0.25, 0.3) is 0 Å². The van der Waals surface area contributed by atoms with Crippen LogP contribution in [0, 0.1) is 11.8 Å². The number of piperazine rings is 1. The third-order valence-corrected chi connectivity index (χ3v) is 10.4. The SMILES string of the molecule is CN(CC1CCC(OC2CCCCC2)CC1)CC1CCN(CCO)C(=O)C2CCCC(NC(=O)C3CNCCN3)C2O1. The molecule has 42 heavy (non-hydrogen) atoms. The van der Waals surface area contributed by atoms with Gasteiger partial charge in [0.1, 0.15) is 0 Å². The fourth-order valence-electron chi connectivity index (χ4n) is 8.10. The van der Waals surface area contributed by atoms with Gasteiger partial charge in [-0.15, -0.1) is 0 Å². The summed E-state index contributed by atoms with van der Waals surface area (Å²) in [4.78, 5) is 31.0. The van der Waals surface area contributed by atoms with E-state index in [0.29, 0.717) is 37.8 Å². The lowest BCUT2D eigenvalue weighted by molar-refractivity contribution is -0.158. The Hall–Kier alpha value is -1.30. The van der Waals surface area contributed by atoms with Crippen molar-refractivity contribution in [2.24, 2.45) is 11.8 Å². The van der Waals surface area contributed by atoms with Gasteiger partial charge >= 0.3 is 0 Å². The van der Waals surface area contributed by atoms with Gasteiger partial charge in [0.2, 0.25) is 11.8 Å². The third kappa shape index (κ3) is 8.88. The number of β-amino-alcohol motifs (C(OH)–C–C–N with tert-alkyl or cyclic N) is 1. The van der Waals surface area contributed by atoms with Crippen molar-refractivity contribution in [3.05, 3.63) is 0 Å². The largest absolute Gasteiger partial charge is 0.395 e. The zero-order valence-corrected chi connectivity index (χ0v) is 25.9. The summed E-state index contributed by atoms with van der Waals surface area (Å²) in [5.74, 6) is 0.424. The topological polar surface area (TPSA) is 115 Å². The van der Waals surface area contributed by atoms with E-state index in [4.69, 9.17) is 9.47 Å². The Balaban J connectivity index is 1.16. The maximum Gasteiger partial charge on any atom is 0.238 e. The van der Waals surface area contributed by atoms with E-state index < -0.39 is 0 Å². The van der Waals surface area contributed by atoms with Gasteiger partial charge in [-0.2, -0.15) is 0 Å². The Bertz CT molecular complexity index is 843. The summed E-state index contributed by atoms with van der Waals surface area (Å²) in [7, 11) is 2.20. The number of hydrogen-bond acceptors (Lipinski definition) is 8. The lowest BCUT2D eigenvalue weighted by atomic mass is 9.81. The second-order valence-corrected chi connectivity index (χ2v) is 13.7. The number of likely N-dealkylation sites (N-methyl/N-ethyl adjacent to an activating group) is 1. The Morgan fingerprint density at radius 2 is 1.79 bits per heavy atom. The molecule has 0 bridgehead atoms. The van der Waals surface area contributed by atoms with Crippen molar-refractivity contribution < 1.29 is 24.2 Å². The van der Waals surface area contributed by atoms with Crippen LogP contribution in [0.15, 0.2) is 0 Å². The minimum absolute atomic E-state index is 0.0186. The normalized spacial score (nSPS) is 35.4. The molecule has 0 aromatic rings. The Labute approximate surface area is 253 Å². The van der Waals surface area contributed by atoms with Crippen LogP contribution < -0.4 is 16.0 Å². The maximum atomic E-state index is 13.6. The Kier molecular flexibility index (Phi) is 12.3. The van der Waals surface area contributed by atoms with Crippen LogP contribution in [0.3, 0.4) is 0 Å². The van der Waals surface area contributed by atoms with Gasteiger partial charge in [-0.3, -0.25) is 9.59 Å². The maximum absolute atomic E-state index is 13.6. The van der Waals surface area contributed by atoms with E-state index in [1.165, 1.54) is 57.8 Å². The van der Waals surface area contributed by atoms with E-state index in [1.807, 2.05) is 4.90 Å². The van der Waals surface area contributed by atoms with Crippen molar-refractivity contribution in [3.63, 3.8) is 0 Å². The van der Waals surface area contributed by atoms with E-state index in [2.05, 4.69) is 27.9 Å². The fourth-order valence-corrected chi connectivity index (χ4v) is 8.10. The molecule has 5 aliphatic rings. The van der Waals surface area contributed by atoms with Crippen molar-refractivity contribution in [1.29, 1.82) is 0 Å². The molecule has 0 radical (unpaired) electrons. The van der Waals surface area contributed by atoms with Crippen molar-refractivity contribution in [2.75, 3.05) is 59.5 Å². The molecule has 5 unspecified atom stereocenters. The zero-order chi connectivity index (χ0) is 29.3. The molecule has 3 saturated carbocycles. The number of carbonyl (C=O) groups is 2. The number of rotatable bonds is 10. The first-order valence-corrected chi connectivity index (χ1v) is 17.1. The zero-order valence-electron chi connectivity index (χ0n) is 25.9. The van der Waals surface area contributed by atoms with Crippen LogP contribution in [0.5, 0.6) is 0 Å². The van der Waals surface area contributed by atoms with Crippen LogP contribution in [-0.2, 0) is 19.1 Å².